The molecule has 3 aromatic carbocycles. The van der Waals surface area contributed by atoms with Gasteiger partial charge in [0.1, 0.15) is 6.04 Å². The van der Waals surface area contributed by atoms with Crippen LogP contribution in [0.4, 0.5) is 0 Å². The monoisotopic (exact) mass is 345 g/mol. The molecular weight excluding hydrogens is 322 g/mol. The zero-order valence-corrected chi connectivity index (χ0v) is 14.9. The van der Waals surface area contributed by atoms with Crippen LogP contribution in [0.3, 0.4) is 0 Å². The van der Waals surface area contributed by atoms with E-state index in [9.17, 15) is 9.90 Å². The second kappa shape index (κ2) is 8.45. The topological polar surface area (TPSA) is 40.5 Å². The summed E-state index contributed by atoms with van der Waals surface area (Å²) in [5.74, 6) is -0.820. The standard InChI is InChI=1S/C23H23NO2/c1-2-24(22(23(25)26)21-11-7-4-8-12-21)17-18-13-15-20(16-14-18)19-9-5-3-6-10-19/h3-16,22H,2,17H2,1H3,(H,25,26). The van der Waals surface area contributed by atoms with Gasteiger partial charge in [0, 0.05) is 6.54 Å². The molecule has 1 atom stereocenters. The SMILES string of the molecule is CCN(Cc1ccc(-c2ccccc2)cc1)C(C(=O)O)c1ccccc1. The summed E-state index contributed by atoms with van der Waals surface area (Å²) in [6.45, 7) is 3.25. The van der Waals surface area contributed by atoms with E-state index in [0.717, 1.165) is 16.7 Å². The molecule has 1 unspecified atom stereocenters. The molecule has 3 aromatic rings. The number of hydrogen-bond donors (Lipinski definition) is 1. The van der Waals surface area contributed by atoms with Gasteiger partial charge >= 0.3 is 5.97 Å². The number of aliphatic carboxylic acids is 1. The highest BCUT2D eigenvalue weighted by atomic mass is 16.4. The molecule has 0 aliphatic rings. The lowest BCUT2D eigenvalue weighted by Gasteiger charge is -2.28. The molecule has 0 heterocycles. The van der Waals surface area contributed by atoms with Crippen LogP contribution < -0.4 is 0 Å². The summed E-state index contributed by atoms with van der Waals surface area (Å²) in [5.41, 5.74) is 4.26. The number of nitrogens with zero attached hydrogens (tertiary/aromatic N) is 1. The first-order valence-corrected chi connectivity index (χ1v) is 8.85. The Kier molecular flexibility index (Phi) is 5.82. The zero-order chi connectivity index (χ0) is 18.4. The smallest absolute Gasteiger partial charge is 0.325 e. The van der Waals surface area contributed by atoms with Crippen molar-refractivity contribution in [1.29, 1.82) is 0 Å². The highest BCUT2D eigenvalue weighted by molar-refractivity contribution is 5.75. The summed E-state index contributed by atoms with van der Waals surface area (Å²) in [6.07, 6.45) is 0. The summed E-state index contributed by atoms with van der Waals surface area (Å²) < 4.78 is 0. The van der Waals surface area contributed by atoms with E-state index in [-0.39, 0.29) is 0 Å². The molecule has 0 amide bonds. The van der Waals surface area contributed by atoms with Gasteiger partial charge in [-0.3, -0.25) is 9.69 Å². The van der Waals surface area contributed by atoms with Crippen molar-refractivity contribution in [3.8, 4) is 11.1 Å². The lowest BCUT2D eigenvalue weighted by atomic mass is 10.0. The van der Waals surface area contributed by atoms with Gasteiger partial charge in [-0.15, -0.1) is 0 Å². The van der Waals surface area contributed by atoms with Gasteiger partial charge in [0.15, 0.2) is 0 Å². The van der Waals surface area contributed by atoms with Crippen LogP contribution in [0.2, 0.25) is 0 Å². The lowest BCUT2D eigenvalue weighted by molar-refractivity contribution is -0.143. The third-order valence-corrected chi connectivity index (χ3v) is 4.57. The van der Waals surface area contributed by atoms with Crippen LogP contribution in [0, 0.1) is 0 Å². The second-order valence-electron chi connectivity index (χ2n) is 6.28. The molecule has 26 heavy (non-hydrogen) atoms. The summed E-state index contributed by atoms with van der Waals surface area (Å²) in [5, 5.41) is 9.76. The van der Waals surface area contributed by atoms with Gasteiger partial charge in [0.05, 0.1) is 0 Å². The molecule has 0 fully saturated rings. The highest BCUT2D eigenvalue weighted by Crippen LogP contribution is 2.24. The Labute approximate surface area is 154 Å². The van der Waals surface area contributed by atoms with E-state index >= 15 is 0 Å². The van der Waals surface area contributed by atoms with Gasteiger partial charge < -0.3 is 5.11 Å². The molecule has 1 N–H and O–H groups in total. The fourth-order valence-electron chi connectivity index (χ4n) is 3.20. The van der Waals surface area contributed by atoms with E-state index in [1.807, 2.05) is 60.4 Å². The van der Waals surface area contributed by atoms with E-state index in [2.05, 4.69) is 36.4 Å². The maximum atomic E-state index is 11.9. The fraction of sp³-hybridized carbons (Fsp3) is 0.174. The Bertz CT molecular complexity index is 829. The van der Waals surface area contributed by atoms with Crippen LogP contribution >= 0.6 is 0 Å². The molecule has 3 nitrogen and oxygen atoms in total. The zero-order valence-electron chi connectivity index (χ0n) is 14.9. The second-order valence-corrected chi connectivity index (χ2v) is 6.28. The Morgan fingerprint density at radius 1 is 0.846 bits per heavy atom. The molecule has 3 heteroatoms. The molecule has 0 saturated carbocycles. The van der Waals surface area contributed by atoms with Crippen molar-refractivity contribution >= 4 is 5.97 Å². The van der Waals surface area contributed by atoms with E-state index in [0.29, 0.717) is 13.1 Å². The van der Waals surface area contributed by atoms with Crippen molar-refractivity contribution in [1.82, 2.24) is 4.90 Å². The van der Waals surface area contributed by atoms with Crippen molar-refractivity contribution in [2.24, 2.45) is 0 Å². The first-order chi connectivity index (χ1) is 12.7. The molecule has 132 valence electrons. The Morgan fingerprint density at radius 2 is 1.38 bits per heavy atom. The number of carboxylic acids is 1. The summed E-state index contributed by atoms with van der Waals surface area (Å²) in [6, 6.07) is 27.4. The van der Waals surface area contributed by atoms with E-state index in [1.165, 1.54) is 5.56 Å². The van der Waals surface area contributed by atoms with Crippen LogP contribution in [-0.2, 0) is 11.3 Å². The van der Waals surface area contributed by atoms with Crippen molar-refractivity contribution in [3.05, 3.63) is 96.1 Å². The van der Waals surface area contributed by atoms with Crippen molar-refractivity contribution in [2.75, 3.05) is 6.54 Å². The predicted molar refractivity (Wildman–Crippen MR) is 105 cm³/mol. The van der Waals surface area contributed by atoms with Gasteiger partial charge in [-0.1, -0.05) is 91.9 Å². The molecular formula is C23H23NO2. The number of carbonyl (C=O) groups is 1. The van der Waals surface area contributed by atoms with E-state index in [4.69, 9.17) is 0 Å². The highest BCUT2D eigenvalue weighted by Gasteiger charge is 2.26. The maximum absolute atomic E-state index is 11.9. The van der Waals surface area contributed by atoms with Gasteiger partial charge in [-0.25, -0.2) is 0 Å². The molecule has 0 radical (unpaired) electrons. The third-order valence-electron chi connectivity index (χ3n) is 4.57. The van der Waals surface area contributed by atoms with Gasteiger partial charge in [-0.05, 0) is 28.8 Å². The number of carboxylic acid groups (broad SMARTS) is 1. The van der Waals surface area contributed by atoms with E-state index < -0.39 is 12.0 Å². The minimum absolute atomic E-state index is 0.595. The number of likely N-dealkylation sites (N-methyl/N-ethyl adjacent to an activating group) is 1. The van der Waals surface area contributed by atoms with Crippen LogP contribution in [0.5, 0.6) is 0 Å². The minimum Gasteiger partial charge on any atom is -0.480 e. The molecule has 0 bridgehead atoms. The van der Waals surface area contributed by atoms with Crippen LogP contribution in [0.25, 0.3) is 11.1 Å². The Morgan fingerprint density at radius 3 is 1.92 bits per heavy atom. The molecule has 0 saturated heterocycles. The molecule has 0 aliphatic heterocycles. The Hall–Kier alpha value is -2.91. The molecule has 0 spiro atoms. The van der Waals surface area contributed by atoms with Crippen molar-refractivity contribution in [2.45, 2.75) is 19.5 Å². The quantitative estimate of drug-likeness (QED) is 0.655. The number of benzene rings is 3. The van der Waals surface area contributed by atoms with Crippen molar-refractivity contribution < 1.29 is 9.90 Å². The van der Waals surface area contributed by atoms with Crippen LogP contribution in [0.15, 0.2) is 84.9 Å². The lowest BCUT2D eigenvalue weighted by Crippen LogP contribution is -2.33. The first kappa shape index (κ1) is 17.9. The normalized spacial score (nSPS) is 12.1. The summed E-state index contributed by atoms with van der Waals surface area (Å²) in [7, 11) is 0. The largest absolute Gasteiger partial charge is 0.480 e. The van der Waals surface area contributed by atoms with Gasteiger partial charge in [0.25, 0.3) is 0 Å². The van der Waals surface area contributed by atoms with Gasteiger partial charge in [-0.2, -0.15) is 0 Å². The first-order valence-electron chi connectivity index (χ1n) is 8.85. The number of hydrogen-bond acceptors (Lipinski definition) is 2. The van der Waals surface area contributed by atoms with Crippen molar-refractivity contribution in [3.63, 3.8) is 0 Å². The Balaban J connectivity index is 1.80. The molecule has 3 rings (SSSR count). The third kappa shape index (κ3) is 4.19. The molecule has 0 aromatic heterocycles. The maximum Gasteiger partial charge on any atom is 0.325 e. The number of rotatable bonds is 7. The van der Waals surface area contributed by atoms with E-state index in [1.54, 1.807) is 0 Å². The van der Waals surface area contributed by atoms with Crippen LogP contribution in [-0.4, -0.2) is 22.5 Å². The van der Waals surface area contributed by atoms with Crippen LogP contribution in [0.1, 0.15) is 24.1 Å². The summed E-state index contributed by atoms with van der Waals surface area (Å²) in [4.78, 5) is 13.9. The minimum atomic E-state index is -0.820. The summed E-state index contributed by atoms with van der Waals surface area (Å²) >= 11 is 0. The van der Waals surface area contributed by atoms with Gasteiger partial charge in [0.2, 0.25) is 0 Å². The molecule has 0 aliphatic carbocycles. The fourth-order valence-corrected chi connectivity index (χ4v) is 3.20. The average Bonchev–Trinajstić information content (AvgIpc) is 2.69. The predicted octanol–water partition coefficient (Wildman–Crippen LogP) is 5.00. The average molecular weight is 345 g/mol.